The lowest BCUT2D eigenvalue weighted by Gasteiger charge is -2.22. The van der Waals surface area contributed by atoms with Gasteiger partial charge in [0.15, 0.2) is 0 Å². The Morgan fingerprint density at radius 1 is 1.32 bits per heavy atom. The summed E-state index contributed by atoms with van der Waals surface area (Å²) in [5.74, 6) is -1.59. The van der Waals surface area contributed by atoms with Gasteiger partial charge in [-0.3, -0.25) is 4.79 Å². The average molecular weight is 287 g/mol. The fourth-order valence-electron chi connectivity index (χ4n) is 1.00. The van der Waals surface area contributed by atoms with Gasteiger partial charge in [-0.05, 0) is 0 Å². The van der Waals surface area contributed by atoms with Gasteiger partial charge in [0.1, 0.15) is 19.7 Å². The molecule has 0 atom stereocenters. The Bertz CT molecular complexity index is 347. The molecule has 0 aliphatic heterocycles. The summed E-state index contributed by atoms with van der Waals surface area (Å²) in [6.07, 6.45) is -5.83. The topological polar surface area (TPSA) is 122 Å². The maximum Gasteiger partial charge on any atom is 0.406 e. The van der Waals surface area contributed by atoms with E-state index in [4.69, 9.17) is 5.11 Å². The number of alkyl halides is 3. The third-order valence-electron chi connectivity index (χ3n) is 1.61. The van der Waals surface area contributed by atoms with Crippen molar-refractivity contribution in [2.45, 2.75) is 6.18 Å². The van der Waals surface area contributed by atoms with Gasteiger partial charge in [0.05, 0.1) is 6.54 Å². The molecule has 3 amide bonds. The second kappa shape index (κ2) is 7.28. The third kappa shape index (κ3) is 9.50. The van der Waals surface area contributed by atoms with Crippen LogP contribution in [0.3, 0.4) is 0 Å². The zero-order valence-corrected chi connectivity index (χ0v) is 9.57. The number of rotatable bonds is 6. The minimum absolute atomic E-state index is 0.0621. The van der Waals surface area contributed by atoms with E-state index in [1.165, 1.54) is 0 Å². The van der Waals surface area contributed by atoms with Crippen LogP contribution in [0.15, 0.2) is 0 Å². The van der Waals surface area contributed by atoms with Crippen LogP contribution in [0, 0.1) is 0 Å². The number of primary amides is 1. The minimum Gasteiger partial charge on any atom is -0.480 e. The molecule has 8 nitrogen and oxygen atoms in total. The molecule has 0 aliphatic carbocycles. The summed E-state index contributed by atoms with van der Waals surface area (Å²) >= 11 is 0. The highest BCUT2D eigenvalue weighted by molar-refractivity contribution is 5.80. The lowest BCUT2D eigenvalue weighted by molar-refractivity contribution is -0.148. The molecule has 0 aromatic heterocycles. The standard InChI is InChI=1S/C8H12F3N3O5/c9-8(10,11)4-14(3-5(15)16)7(18)13-1-2-19-6(12)17/h1-4H2,(H2,12,17)(H,13,18)(H,15,16). The Kier molecular flexibility index (Phi) is 6.44. The van der Waals surface area contributed by atoms with Crippen LogP contribution in [0.1, 0.15) is 0 Å². The number of nitrogens with one attached hydrogen (secondary N) is 1. The smallest absolute Gasteiger partial charge is 0.406 e. The van der Waals surface area contributed by atoms with Crippen LogP contribution in [-0.2, 0) is 9.53 Å². The SMILES string of the molecule is NC(=O)OCCNC(=O)N(CC(=O)O)CC(F)(F)F. The number of carboxylic acid groups (broad SMARTS) is 1. The highest BCUT2D eigenvalue weighted by atomic mass is 19.4. The van der Waals surface area contributed by atoms with Gasteiger partial charge >= 0.3 is 24.3 Å². The van der Waals surface area contributed by atoms with Crippen molar-refractivity contribution in [1.82, 2.24) is 10.2 Å². The average Bonchev–Trinajstić information content (AvgIpc) is 2.20. The maximum absolute atomic E-state index is 12.1. The van der Waals surface area contributed by atoms with E-state index < -0.39 is 37.4 Å². The number of carboxylic acids is 1. The van der Waals surface area contributed by atoms with Crippen LogP contribution < -0.4 is 11.1 Å². The fraction of sp³-hybridized carbons (Fsp3) is 0.625. The van der Waals surface area contributed by atoms with Crippen molar-refractivity contribution in [2.75, 3.05) is 26.2 Å². The predicted octanol–water partition coefficient (Wildman–Crippen LogP) is -0.260. The largest absolute Gasteiger partial charge is 0.480 e. The van der Waals surface area contributed by atoms with Crippen LogP contribution in [-0.4, -0.2) is 60.5 Å². The second-order valence-corrected chi connectivity index (χ2v) is 3.26. The number of hydrogen-bond donors (Lipinski definition) is 3. The van der Waals surface area contributed by atoms with E-state index in [2.05, 4.69) is 10.5 Å². The zero-order valence-electron chi connectivity index (χ0n) is 9.57. The molecule has 0 aliphatic rings. The molecule has 11 heteroatoms. The van der Waals surface area contributed by atoms with Crippen LogP contribution in [0.2, 0.25) is 0 Å². The Hall–Kier alpha value is -2.20. The van der Waals surface area contributed by atoms with Crippen molar-refractivity contribution in [3.8, 4) is 0 Å². The summed E-state index contributed by atoms with van der Waals surface area (Å²) in [6, 6.07) is -1.24. The molecule has 0 spiro atoms. The lowest BCUT2D eigenvalue weighted by atomic mass is 10.4. The molecule has 0 unspecified atom stereocenters. The minimum atomic E-state index is -4.73. The third-order valence-corrected chi connectivity index (χ3v) is 1.61. The van der Waals surface area contributed by atoms with Gasteiger partial charge in [-0.1, -0.05) is 0 Å². The molecule has 110 valence electrons. The van der Waals surface area contributed by atoms with E-state index >= 15 is 0 Å². The number of halogens is 3. The zero-order chi connectivity index (χ0) is 15.1. The van der Waals surface area contributed by atoms with E-state index in [1.807, 2.05) is 5.32 Å². The molecule has 0 aromatic carbocycles. The van der Waals surface area contributed by atoms with Crippen molar-refractivity contribution < 1.29 is 37.4 Å². The van der Waals surface area contributed by atoms with E-state index in [1.54, 1.807) is 0 Å². The van der Waals surface area contributed by atoms with Crippen LogP contribution in [0.4, 0.5) is 22.8 Å². The van der Waals surface area contributed by atoms with Gasteiger partial charge in [-0.15, -0.1) is 0 Å². The summed E-state index contributed by atoms with van der Waals surface area (Å²) in [7, 11) is 0. The summed E-state index contributed by atoms with van der Waals surface area (Å²) in [5, 5.41) is 10.4. The van der Waals surface area contributed by atoms with Crippen LogP contribution >= 0.6 is 0 Å². The Morgan fingerprint density at radius 2 is 1.89 bits per heavy atom. The number of nitrogens with zero attached hydrogens (tertiary/aromatic N) is 1. The van der Waals surface area contributed by atoms with E-state index in [9.17, 15) is 27.6 Å². The van der Waals surface area contributed by atoms with Crippen LogP contribution in [0.25, 0.3) is 0 Å². The van der Waals surface area contributed by atoms with Crippen molar-refractivity contribution >= 4 is 18.1 Å². The molecule has 0 heterocycles. The number of nitrogens with two attached hydrogens (primary N) is 1. The molecule has 0 radical (unpaired) electrons. The van der Waals surface area contributed by atoms with E-state index in [0.29, 0.717) is 0 Å². The normalized spacial score (nSPS) is 10.7. The first-order valence-electron chi connectivity index (χ1n) is 4.85. The first-order valence-corrected chi connectivity index (χ1v) is 4.85. The van der Waals surface area contributed by atoms with Crippen molar-refractivity contribution in [2.24, 2.45) is 5.73 Å². The predicted molar refractivity (Wildman–Crippen MR) is 54.2 cm³/mol. The van der Waals surface area contributed by atoms with Gasteiger partial charge in [-0.2, -0.15) is 13.2 Å². The van der Waals surface area contributed by atoms with Crippen molar-refractivity contribution in [3.05, 3.63) is 0 Å². The second-order valence-electron chi connectivity index (χ2n) is 3.26. The monoisotopic (exact) mass is 287 g/mol. The number of ether oxygens (including phenoxy) is 1. The van der Waals surface area contributed by atoms with Crippen molar-refractivity contribution in [3.63, 3.8) is 0 Å². The number of hydrogen-bond acceptors (Lipinski definition) is 4. The summed E-state index contributed by atoms with van der Waals surface area (Å²) < 4.78 is 40.6. The lowest BCUT2D eigenvalue weighted by Crippen LogP contribution is -2.47. The molecule has 0 saturated carbocycles. The van der Waals surface area contributed by atoms with E-state index in [0.717, 1.165) is 0 Å². The fourth-order valence-corrected chi connectivity index (χ4v) is 1.00. The molecule has 19 heavy (non-hydrogen) atoms. The molecular formula is C8H12F3N3O5. The summed E-state index contributed by atoms with van der Waals surface area (Å²) in [6.45, 7) is -3.45. The first kappa shape index (κ1) is 16.8. The van der Waals surface area contributed by atoms with Gasteiger partial charge < -0.3 is 25.8 Å². The Balaban J connectivity index is 4.30. The molecule has 0 saturated heterocycles. The highest BCUT2D eigenvalue weighted by Crippen LogP contribution is 2.16. The van der Waals surface area contributed by atoms with Crippen molar-refractivity contribution in [1.29, 1.82) is 0 Å². The quantitative estimate of drug-likeness (QED) is 0.581. The highest BCUT2D eigenvalue weighted by Gasteiger charge is 2.33. The maximum atomic E-state index is 12.1. The number of carbonyl (C=O) groups is 3. The van der Waals surface area contributed by atoms with E-state index in [-0.39, 0.29) is 18.1 Å². The number of urea groups is 1. The molecule has 0 fully saturated rings. The number of carbonyl (C=O) groups excluding carboxylic acids is 2. The summed E-state index contributed by atoms with van der Waals surface area (Å²) in [4.78, 5) is 31.8. The number of amides is 3. The molecule has 4 N–H and O–H groups in total. The first-order chi connectivity index (χ1) is 8.61. The molecule has 0 rings (SSSR count). The Morgan fingerprint density at radius 3 is 2.32 bits per heavy atom. The number of aliphatic carboxylic acids is 1. The molecule has 0 aromatic rings. The van der Waals surface area contributed by atoms with Gasteiger partial charge in [0.25, 0.3) is 0 Å². The van der Waals surface area contributed by atoms with Crippen LogP contribution in [0.5, 0.6) is 0 Å². The van der Waals surface area contributed by atoms with Gasteiger partial charge in [-0.25, -0.2) is 9.59 Å². The summed E-state index contributed by atoms with van der Waals surface area (Å²) in [5.41, 5.74) is 4.61. The Labute approximate surface area is 105 Å². The van der Waals surface area contributed by atoms with Gasteiger partial charge in [0, 0.05) is 0 Å². The van der Waals surface area contributed by atoms with Gasteiger partial charge in [0.2, 0.25) is 0 Å². The molecule has 0 bridgehead atoms. The molecular weight excluding hydrogens is 275 g/mol.